The fraction of sp³-hybridized carbons (Fsp3) is 0.200. The number of phenolic OH excluding ortho intramolecular Hbond substituents is 2. The SMILES string of the molecule is O=C(O)CC(C(=O)O)C(OC(=O)/C=C/c1ccc(O)c(O)c1)C(=O)O. The number of phenols is 2. The molecular weight excluding hydrogens is 340 g/mol. The van der Waals surface area contributed by atoms with Gasteiger partial charge in [0, 0.05) is 6.08 Å². The highest BCUT2D eigenvalue weighted by Crippen LogP contribution is 2.25. The Morgan fingerprint density at radius 1 is 1.00 bits per heavy atom. The molecule has 0 saturated heterocycles. The molecule has 0 saturated carbocycles. The first-order chi connectivity index (χ1) is 11.6. The summed E-state index contributed by atoms with van der Waals surface area (Å²) in [4.78, 5) is 44.4. The smallest absolute Gasteiger partial charge is 0.345 e. The van der Waals surface area contributed by atoms with Gasteiger partial charge in [-0.3, -0.25) is 9.59 Å². The average Bonchev–Trinajstić information content (AvgIpc) is 2.51. The second-order valence-electron chi connectivity index (χ2n) is 4.82. The molecule has 1 aromatic rings. The number of hydrogen-bond acceptors (Lipinski definition) is 7. The van der Waals surface area contributed by atoms with E-state index in [1.807, 2.05) is 0 Å². The highest BCUT2D eigenvalue weighted by Gasteiger charge is 2.38. The molecule has 0 aliphatic heterocycles. The summed E-state index contributed by atoms with van der Waals surface area (Å²) < 4.78 is 4.53. The molecule has 0 aromatic heterocycles. The second kappa shape index (κ2) is 8.34. The summed E-state index contributed by atoms with van der Waals surface area (Å²) in [5.74, 6) is -9.14. The van der Waals surface area contributed by atoms with Crippen molar-refractivity contribution in [2.24, 2.45) is 5.92 Å². The van der Waals surface area contributed by atoms with Crippen LogP contribution in [0.1, 0.15) is 12.0 Å². The predicted molar refractivity (Wildman–Crippen MR) is 79.7 cm³/mol. The van der Waals surface area contributed by atoms with Crippen molar-refractivity contribution in [3.63, 3.8) is 0 Å². The number of carboxylic acid groups (broad SMARTS) is 3. The summed E-state index contributed by atoms with van der Waals surface area (Å²) in [7, 11) is 0. The van der Waals surface area contributed by atoms with Gasteiger partial charge in [0.05, 0.1) is 6.42 Å². The molecular formula is C15H14O10. The highest BCUT2D eigenvalue weighted by atomic mass is 16.6. The van der Waals surface area contributed by atoms with Crippen molar-refractivity contribution in [3.8, 4) is 11.5 Å². The van der Waals surface area contributed by atoms with Crippen LogP contribution >= 0.6 is 0 Å². The number of aromatic hydroxyl groups is 2. The van der Waals surface area contributed by atoms with Gasteiger partial charge >= 0.3 is 23.9 Å². The van der Waals surface area contributed by atoms with Gasteiger partial charge in [-0.25, -0.2) is 9.59 Å². The molecule has 10 nitrogen and oxygen atoms in total. The molecule has 1 aromatic carbocycles. The summed E-state index contributed by atoms with van der Waals surface area (Å²) in [6.07, 6.45) is -1.36. The molecule has 0 spiro atoms. The normalized spacial score (nSPS) is 13.1. The lowest BCUT2D eigenvalue weighted by Gasteiger charge is -2.18. The number of aliphatic carboxylic acids is 3. The molecule has 0 aliphatic carbocycles. The Balaban J connectivity index is 2.89. The number of carboxylic acids is 3. The number of carbonyl (C=O) groups excluding carboxylic acids is 1. The molecule has 10 heteroatoms. The molecule has 25 heavy (non-hydrogen) atoms. The topological polar surface area (TPSA) is 179 Å². The standard InChI is InChI=1S/C15H14O10/c16-9-3-1-7(5-10(9)17)2-4-12(20)25-13(15(23)24)8(14(21)22)6-11(18)19/h1-5,8,13,16-17H,6H2,(H,18,19)(H,21,22)(H,23,24)/b4-2+. The van der Waals surface area contributed by atoms with Crippen LogP contribution < -0.4 is 0 Å². The summed E-state index contributed by atoms with van der Waals surface area (Å²) in [6, 6.07) is 3.59. The van der Waals surface area contributed by atoms with Gasteiger partial charge in [0.25, 0.3) is 0 Å². The molecule has 0 amide bonds. The molecule has 134 valence electrons. The minimum absolute atomic E-state index is 0.263. The summed E-state index contributed by atoms with van der Waals surface area (Å²) >= 11 is 0. The van der Waals surface area contributed by atoms with E-state index in [0.717, 1.165) is 24.3 Å². The fourth-order valence-corrected chi connectivity index (χ4v) is 1.79. The Morgan fingerprint density at radius 3 is 2.12 bits per heavy atom. The Hall–Kier alpha value is -3.56. The Kier molecular flexibility index (Phi) is 6.50. The molecule has 0 fully saturated rings. The maximum atomic E-state index is 11.7. The van der Waals surface area contributed by atoms with Crippen LogP contribution in [0.15, 0.2) is 24.3 Å². The van der Waals surface area contributed by atoms with Gasteiger partial charge < -0.3 is 30.3 Å². The minimum Gasteiger partial charge on any atom is -0.504 e. The molecule has 1 rings (SSSR count). The van der Waals surface area contributed by atoms with Crippen molar-refractivity contribution in [2.45, 2.75) is 12.5 Å². The highest BCUT2D eigenvalue weighted by molar-refractivity contribution is 5.91. The van der Waals surface area contributed by atoms with E-state index >= 15 is 0 Å². The van der Waals surface area contributed by atoms with E-state index in [1.54, 1.807) is 0 Å². The Morgan fingerprint density at radius 2 is 1.64 bits per heavy atom. The maximum absolute atomic E-state index is 11.7. The van der Waals surface area contributed by atoms with Crippen LogP contribution in [-0.2, 0) is 23.9 Å². The van der Waals surface area contributed by atoms with E-state index in [1.165, 1.54) is 6.07 Å². The lowest BCUT2D eigenvalue weighted by molar-refractivity contribution is -0.172. The first kappa shape index (κ1) is 19.5. The van der Waals surface area contributed by atoms with E-state index < -0.39 is 48.1 Å². The van der Waals surface area contributed by atoms with E-state index in [4.69, 9.17) is 20.4 Å². The fourth-order valence-electron chi connectivity index (χ4n) is 1.79. The third kappa shape index (κ3) is 5.86. The van der Waals surface area contributed by atoms with E-state index in [9.17, 15) is 24.3 Å². The van der Waals surface area contributed by atoms with Crippen molar-refractivity contribution in [1.82, 2.24) is 0 Å². The first-order valence-corrected chi connectivity index (χ1v) is 6.70. The zero-order valence-corrected chi connectivity index (χ0v) is 12.5. The largest absolute Gasteiger partial charge is 0.504 e. The molecule has 0 bridgehead atoms. The van der Waals surface area contributed by atoms with Crippen LogP contribution in [0.3, 0.4) is 0 Å². The second-order valence-corrected chi connectivity index (χ2v) is 4.82. The predicted octanol–water partition coefficient (Wildman–Crippen LogP) is 0.283. The number of hydrogen-bond donors (Lipinski definition) is 5. The lowest BCUT2D eigenvalue weighted by Crippen LogP contribution is -2.39. The summed E-state index contributed by atoms with van der Waals surface area (Å²) in [5.41, 5.74) is 0.263. The van der Waals surface area contributed by atoms with Crippen molar-refractivity contribution in [3.05, 3.63) is 29.8 Å². The number of esters is 1. The zero-order chi connectivity index (χ0) is 19.1. The monoisotopic (exact) mass is 354 g/mol. The van der Waals surface area contributed by atoms with E-state index in [0.29, 0.717) is 0 Å². The Labute approximate surface area is 140 Å². The van der Waals surface area contributed by atoms with Crippen LogP contribution in [0.4, 0.5) is 0 Å². The number of benzene rings is 1. The number of rotatable bonds is 8. The van der Waals surface area contributed by atoms with Crippen LogP contribution in [0, 0.1) is 5.92 Å². The van der Waals surface area contributed by atoms with Gasteiger partial charge in [0.15, 0.2) is 11.5 Å². The molecule has 2 atom stereocenters. The average molecular weight is 354 g/mol. The third-order valence-electron chi connectivity index (χ3n) is 2.98. The summed E-state index contributed by atoms with van der Waals surface area (Å²) in [5, 5.41) is 45.0. The van der Waals surface area contributed by atoms with Gasteiger partial charge in [-0.2, -0.15) is 0 Å². The first-order valence-electron chi connectivity index (χ1n) is 6.70. The van der Waals surface area contributed by atoms with Crippen LogP contribution in [0.2, 0.25) is 0 Å². The van der Waals surface area contributed by atoms with E-state index in [-0.39, 0.29) is 11.3 Å². The zero-order valence-electron chi connectivity index (χ0n) is 12.5. The van der Waals surface area contributed by atoms with Gasteiger partial charge in [-0.1, -0.05) is 6.07 Å². The minimum atomic E-state index is -2.20. The quantitative estimate of drug-likeness (QED) is 0.247. The lowest BCUT2D eigenvalue weighted by atomic mass is 9.98. The van der Waals surface area contributed by atoms with Crippen molar-refractivity contribution in [2.75, 3.05) is 0 Å². The molecule has 0 heterocycles. The van der Waals surface area contributed by atoms with Crippen LogP contribution in [0.5, 0.6) is 11.5 Å². The van der Waals surface area contributed by atoms with Crippen molar-refractivity contribution >= 4 is 30.0 Å². The van der Waals surface area contributed by atoms with E-state index in [2.05, 4.69) is 4.74 Å². The molecule has 2 unspecified atom stereocenters. The molecule has 0 radical (unpaired) electrons. The molecule has 0 aliphatic rings. The van der Waals surface area contributed by atoms with Gasteiger partial charge in [-0.15, -0.1) is 0 Å². The van der Waals surface area contributed by atoms with Crippen LogP contribution in [-0.4, -0.2) is 55.5 Å². The molecule has 5 N–H and O–H groups in total. The number of carbonyl (C=O) groups is 4. The van der Waals surface area contributed by atoms with Gasteiger partial charge in [0.1, 0.15) is 5.92 Å². The van der Waals surface area contributed by atoms with Crippen molar-refractivity contribution in [1.29, 1.82) is 0 Å². The van der Waals surface area contributed by atoms with Gasteiger partial charge in [-0.05, 0) is 23.8 Å². The van der Waals surface area contributed by atoms with Crippen molar-refractivity contribution < 1.29 is 49.4 Å². The van der Waals surface area contributed by atoms with Gasteiger partial charge in [0.2, 0.25) is 6.10 Å². The summed E-state index contributed by atoms with van der Waals surface area (Å²) in [6.45, 7) is 0. The number of ether oxygens (including phenoxy) is 1. The maximum Gasteiger partial charge on any atom is 0.345 e. The third-order valence-corrected chi connectivity index (χ3v) is 2.98. The van der Waals surface area contributed by atoms with Crippen LogP contribution in [0.25, 0.3) is 6.08 Å². The Bertz CT molecular complexity index is 721.